The fourth-order valence-corrected chi connectivity index (χ4v) is 2.63. The number of hydrogen-bond acceptors (Lipinski definition) is 6. The van der Waals surface area contributed by atoms with E-state index in [1.807, 2.05) is 0 Å². The van der Waals surface area contributed by atoms with E-state index in [-0.39, 0.29) is 23.4 Å². The molecule has 8 heteroatoms. The molecule has 0 aliphatic heterocycles. The van der Waals surface area contributed by atoms with Crippen LogP contribution in [-0.2, 0) is 0 Å². The van der Waals surface area contributed by atoms with E-state index in [1.165, 1.54) is 18.3 Å². The Kier molecular flexibility index (Phi) is 4.71. The smallest absolute Gasteiger partial charge is 0.302 e. The summed E-state index contributed by atoms with van der Waals surface area (Å²) in [5.41, 5.74) is 0.960. The summed E-state index contributed by atoms with van der Waals surface area (Å²) in [5, 5.41) is 6.88. The molecule has 1 aromatic carbocycles. The molecular formula is C17H13N3O4S. The van der Waals surface area contributed by atoms with E-state index in [0.29, 0.717) is 16.1 Å². The van der Waals surface area contributed by atoms with E-state index in [9.17, 15) is 14.4 Å². The molecule has 0 radical (unpaired) electrons. The van der Waals surface area contributed by atoms with Gasteiger partial charge in [0.05, 0.1) is 4.88 Å². The second kappa shape index (κ2) is 7.10. The SMILES string of the molecule is CC(=O)c1cccc(NC(=O)c2coc(NC(=O)c3cccs3)n2)c1. The maximum absolute atomic E-state index is 12.2. The largest absolute Gasteiger partial charge is 0.431 e. The van der Waals surface area contributed by atoms with E-state index in [1.54, 1.807) is 41.8 Å². The summed E-state index contributed by atoms with van der Waals surface area (Å²) < 4.78 is 5.10. The van der Waals surface area contributed by atoms with Crippen molar-refractivity contribution in [2.24, 2.45) is 0 Å². The van der Waals surface area contributed by atoms with Crippen molar-refractivity contribution in [1.82, 2.24) is 4.98 Å². The Morgan fingerprint density at radius 3 is 2.64 bits per heavy atom. The molecule has 0 spiro atoms. The minimum Gasteiger partial charge on any atom is -0.431 e. The van der Waals surface area contributed by atoms with Crippen molar-refractivity contribution in [2.75, 3.05) is 10.6 Å². The zero-order valence-electron chi connectivity index (χ0n) is 13.1. The Balaban J connectivity index is 1.67. The van der Waals surface area contributed by atoms with Crippen LogP contribution in [0.1, 0.15) is 37.4 Å². The number of hydrogen-bond donors (Lipinski definition) is 2. The van der Waals surface area contributed by atoms with Crippen LogP contribution in [0.2, 0.25) is 0 Å². The van der Waals surface area contributed by atoms with Crippen molar-refractivity contribution in [3.8, 4) is 0 Å². The molecule has 0 saturated heterocycles. The van der Waals surface area contributed by atoms with E-state index in [0.717, 1.165) is 6.26 Å². The van der Waals surface area contributed by atoms with E-state index >= 15 is 0 Å². The van der Waals surface area contributed by atoms with Crippen LogP contribution in [-0.4, -0.2) is 22.6 Å². The molecule has 2 amide bonds. The van der Waals surface area contributed by atoms with Crippen LogP contribution in [0.25, 0.3) is 0 Å². The fourth-order valence-electron chi connectivity index (χ4n) is 2.01. The van der Waals surface area contributed by atoms with Gasteiger partial charge in [-0.2, -0.15) is 4.98 Å². The lowest BCUT2D eigenvalue weighted by molar-refractivity contribution is 0.100. The highest BCUT2D eigenvalue weighted by Gasteiger charge is 2.15. The van der Waals surface area contributed by atoms with Crippen LogP contribution in [0.15, 0.2) is 52.5 Å². The van der Waals surface area contributed by atoms with Gasteiger partial charge in [0.1, 0.15) is 6.26 Å². The van der Waals surface area contributed by atoms with Crippen molar-refractivity contribution >= 4 is 40.6 Å². The number of rotatable bonds is 5. The molecule has 3 rings (SSSR count). The van der Waals surface area contributed by atoms with Crippen molar-refractivity contribution in [1.29, 1.82) is 0 Å². The number of anilines is 2. The molecule has 0 bridgehead atoms. The summed E-state index contributed by atoms with van der Waals surface area (Å²) in [6.45, 7) is 1.45. The number of aromatic nitrogens is 1. The van der Waals surface area contributed by atoms with Gasteiger partial charge in [-0.3, -0.25) is 19.7 Å². The second-order valence-corrected chi connectivity index (χ2v) is 6.01. The molecule has 3 aromatic rings. The van der Waals surface area contributed by atoms with Crippen LogP contribution < -0.4 is 10.6 Å². The third-order valence-electron chi connectivity index (χ3n) is 3.23. The first-order valence-corrected chi connectivity index (χ1v) is 8.13. The standard InChI is InChI=1S/C17H13N3O4S/c1-10(21)11-4-2-5-12(8-11)18-15(22)13-9-24-17(19-13)20-16(23)14-6-3-7-25-14/h2-9H,1H3,(H,18,22)(H,19,20,23). The Morgan fingerprint density at radius 2 is 1.92 bits per heavy atom. The molecular weight excluding hydrogens is 342 g/mol. The average molecular weight is 355 g/mol. The first kappa shape index (κ1) is 16.6. The monoisotopic (exact) mass is 355 g/mol. The molecule has 2 aromatic heterocycles. The van der Waals surface area contributed by atoms with Crippen LogP contribution in [0.3, 0.4) is 0 Å². The number of carbonyl (C=O) groups excluding carboxylic acids is 3. The highest BCUT2D eigenvalue weighted by molar-refractivity contribution is 7.12. The van der Waals surface area contributed by atoms with Gasteiger partial charge in [0.25, 0.3) is 11.8 Å². The first-order valence-electron chi connectivity index (χ1n) is 7.25. The molecule has 0 aliphatic rings. The number of amides is 2. The maximum atomic E-state index is 12.2. The van der Waals surface area contributed by atoms with Crippen LogP contribution in [0.5, 0.6) is 0 Å². The average Bonchev–Trinajstić information content (AvgIpc) is 3.26. The predicted molar refractivity (Wildman–Crippen MR) is 93.2 cm³/mol. The van der Waals surface area contributed by atoms with Gasteiger partial charge in [-0.05, 0) is 30.5 Å². The molecule has 2 heterocycles. The molecule has 0 fully saturated rings. The van der Waals surface area contributed by atoms with Gasteiger partial charge in [-0.15, -0.1) is 11.3 Å². The topological polar surface area (TPSA) is 101 Å². The van der Waals surface area contributed by atoms with Crippen LogP contribution in [0.4, 0.5) is 11.7 Å². The lowest BCUT2D eigenvalue weighted by atomic mass is 10.1. The summed E-state index contributed by atoms with van der Waals surface area (Å²) in [6.07, 6.45) is 1.15. The van der Waals surface area contributed by atoms with Gasteiger partial charge in [0, 0.05) is 11.3 Å². The molecule has 0 unspecified atom stereocenters. The second-order valence-electron chi connectivity index (χ2n) is 5.06. The highest BCUT2D eigenvalue weighted by Crippen LogP contribution is 2.15. The molecule has 126 valence electrons. The van der Waals surface area contributed by atoms with Crippen LogP contribution >= 0.6 is 11.3 Å². The maximum Gasteiger partial charge on any atom is 0.302 e. The molecule has 7 nitrogen and oxygen atoms in total. The van der Waals surface area contributed by atoms with Gasteiger partial charge in [-0.1, -0.05) is 18.2 Å². The number of carbonyl (C=O) groups is 3. The number of oxazole rings is 1. The van der Waals surface area contributed by atoms with Crippen molar-refractivity contribution in [3.05, 3.63) is 64.2 Å². The van der Waals surface area contributed by atoms with Gasteiger partial charge < -0.3 is 9.73 Å². The molecule has 0 atom stereocenters. The molecule has 0 aliphatic carbocycles. The van der Waals surface area contributed by atoms with Crippen LogP contribution in [0, 0.1) is 0 Å². The van der Waals surface area contributed by atoms with Crippen molar-refractivity contribution < 1.29 is 18.8 Å². The highest BCUT2D eigenvalue weighted by atomic mass is 32.1. The summed E-state index contributed by atoms with van der Waals surface area (Å²) in [6, 6.07) is 9.90. The lowest BCUT2D eigenvalue weighted by Gasteiger charge is -2.04. The zero-order chi connectivity index (χ0) is 17.8. The summed E-state index contributed by atoms with van der Waals surface area (Å²) in [7, 11) is 0. The van der Waals surface area contributed by atoms with E-state index in [4.69, 9.17) is 4.42 Å². The summed E-state index contributed by atoms with van der Waals surface area (Å²) in [5.74, 6) is -0.977. The molecule has 0 saturated carbocycles. The first-order chi connectivity index (χ1) is 12.0. The minimum atomic E-state index is -0.513. The quantitative estimate of drug-likeness (QED) is 0.683. The van der Waals surface area contributed by atoms with E-state index in [2.05, 4.69) is 15.6 Å². The fraction of sp³-hybridized carbons (Fsp3) is 0.0588. The van der Waals surface area contributed by atoms with Gasteiger partial charge in [-0.25, -0.2) is 0 Å². The number of nitrogens with zero attached hydrogens (tertiary/aromatic N) is 1. The van der Waals surface area contributed by atoms with E-state index < -0.39 is 5.91 Å². The number of ketones is 1. The summed E-state index contributed by atoms with van der Waals surface area (Å²) >= 11 is 1.28. The zero-order valence-corrected chi connectivity index (χ0v) is 13.9. The van der Waals surface area contributed by atoms with Crippen molar-refractivity contribution in [3.63, 3.8) is 0 Å². The van der Waals surface area contributed by atoms with Gasteiger partial charge in [0.15, 0.2) is 11.5 Å². The predicted octanol–water partition coefficient (Wildman–Crippen LogP) is 3.44. The normalized spacial score (nSPS) is 10.3. The number of nitrogens with one attached hydrogen (secondary N) is 2. The summed E-state index contributed by atoms with van der Waals surface area (Å²) in [4.78, 5) is 39.9. The third kappa shape index (κ3) is 3.99. The molecule has 2 N–H and O–H groups in total. The third-order valence-corrected chi connectivity index (χ3v) is 4.10. The Bertz CT molecular complexity index is 931. The minimum absolute atomic E-state index is 0.00899. The number of benzene rings is 1. The Labute approximate surface area is 146 Å². The number of Topliss-reactive ketones (excluding diaryl/α,β-unsaturated/α-hetero) is 1. The van der Waals surface area contributed by atoms with Crippen molar-refractivity contribution in [2.45, 2.75) is 6.92 Å². The molecule has 25 heavy (non-hydrogen) atoms. The van der Waals surface area contributed by atoms with Gasteiger partial charge >= 0.3 is 6.01 Å². The lowest BCUT2D eigenvalue weighted by Crippen LogP contribution is -2.14. The number of thiophene rings is 1. The Morgan fingerprint density at radius 1 is 1.08 bits per heavy atom. The van der Waals surface area contributed by atoms with Gasteiger partial charge in [0.2, 0.25) is 0 Å². The Hall–Kier alpha value is -3.26.